The highest BCUT2D eigenvalue weighted by molar-refractivity contribution is 7.89. The average molecular weight is 368 g/mol. The van der Waals surface area contributed by atoms with Gasteiger partial charge in [0.25, 0.3) is 0 Å². The van der Waals surface area contributed by atoms with Gasteiger partial charge in [-0.05, 0) is 44.0 Å². The minimum absolute atomic E-state index is 0.0351. The highest BCUT2D eigenvalue weighted by atomic mass is 32.2. The van der Waals surface area contributed by atoms with Crippen molar-refractivity contribution in [1.29, 1.82) is 0 Å². The number of benzene rings is 1. The molecule has 0 heterocycles. The maximum Gasteiger partial charge on any atom is 0.238 e. The Labute approximate surface area is 150 Å². The van der Waals surface area contributed by atoms with Crippen molar-refractivity contribution in [3.8, 4) is 0 Å². The summed E-state index contributed by atoms with van der Waals surface area (Å²) in [6.45, 7) is 0.959. The Hall–Kier alpha value is -1.44. The topological polar surface area (TPSA) is 92.5 Å². The van der Waals surface area contributed by atoms with Crippen LogP contribution in [-0.4, -0.2) is 45.4 Å². The molecule has 25 heavy (non-hydrogen) atoms. The lowest BCUT2D eigenvalue weighted by Gasteiger charge is -2.26. The third-order valence-corrected chi connectivity index (χ3v) is 5.76. The summed E-state index contributed by atoms with van der Waals surface area (Å²) in [6.07, 6.45) is 8.14. The standard InChI is InChI=1S/C18H29N3O3S/c1-21(16-6-4-2-3-5-7-16)14-18(22)20-13-12-15-8-10-17(11-9-15)25(19,23)24/h8-11,16H,2-7,12-14H2,1H3,(H,20,22)(H2,19,23,24). The maximum absolute atomic E-state index is 12.1. The van der Waals surface area contributed by atoms with Gasteiger partial charge in [-0.1, -0.05) is 37.8 Å². The number of likely N-dealkylation sites (N-methyl/N-ethyl adjacent to an activating group) is 1. The van der Waals surface area contributed by atoms with Crippen LogP contribution in [-0.2, 0) is 21.2 Å². The largest absolute Gasteiger partial charge is 0.355 e. The van der Waals surface area contributed by atoms with Crippen LogP contribution >= 0.6 is 0 Å². The Balaban J connectivity index is 1.72. The van der Waals surface area contributed by atoms with Gasteiger partial charge in [0.1, 0.15) is 0 Å². The molecular formula is C18H29N3O3S. The summed E-state index contributed by atoms with van der Waals surface area (Å²) in [5, 5.41) is 8.01. The number of hydrogen-bond donors (Lipinski definition) is 2. The molecular weight excluding hydrogens is 338 g/mol. The summed E-state index contributed by atoms with van der Waals surface area (Å²) < 4.78 is 22.4. The van der Waals surface area contributed by atoms with Gasteiger partial charge in [0, 0.05) is 12.6 Å². The number of hydrogen-bond acceptors (Lipinski definition) is 4. The minimum atomic E-state index is -3.66. The van der Waals surface area contributed by atoms with Crippen molar-refractivity contribution in [3.05, 3.63) is 29.8 Å². The summed E-state index contributed by atoms with van der Waals surface area (Å²) in [6, 6.07) is 6.95. The molecule has 0 bridgehead atoms. The van der Waals surface area contributed by atoms with Gasteiger partial charge in [0.15, 0.2) is 0 Å². The molecule has 1 fully saturated rings. The molecule has 6 nitrogen and oxygen atoms in total. The number of rotatable bonds is 7. The number of nitrogens with one attached hydrogen (secondary N) is 1. The zero-order valence-corrected chi connectivity index (χ0v) is 15.7. The highest BCUT2D eigenvalue weighted by Gasteiger charge is 2.18. The van der Waals surface area contributed by atoms with Crippen LogP contribution in [0.4, 0.5) is 0 Å². The van der Waals surface area contributed by atoms with Crippen molar-refractivity contribution in [2.24, 2.45) is 5.14 Å². The van der Waals surface area contributed by atoms with Crippen LogP contribution in [0.25, 0.3) is 0 Å². The van der Waals surface area contributed by atoms with E-state index >= 15 is 0 Å². The predicted molar refractivity (Wildman–Crippen MR) is 98.6 cm³/mol. The van der Waals surface area contributed by atoms with E-state index in [1.54, 1.807) is 12.1 Å². The van der Waals surface area contributed by atoms with Crippen LogP contribution in [0.5, 0.6) is 0 Å². The van der Waals surface area contributed by atoms with Gasteiger partial charge in [-0.25, -0.2) is 13.6 Å². The molecule has 0 unspecified atom stereocenters. The van der Waals surface area contributed by atoms with Crippen LogP contribution < -0.4 is 10.5 Å². The van der Waals surface area contributed by atoms with E-state index in [1.165, 1.54) is 50.7 Å². The molecule has 0 saturated heterocycles. The van der Waals surface area contributed by atoms with E-state index in [9.17, 15) is 13.2 Å². The summed E-state index contributed by atoms with van der Waals surface area (Å²) in [5.74, 6) is 0.0351. The first-order chi connectivity index (χ1) is 11.9. The lowest BCUT2D eigenvalue weighted by Crippen LogP contribution is -2.41. The molecule has 0 atom stereocenters. The molecule has 0 spiro atoms. The van der Waals surface area contributed by atoms with Crippen LogP contribution in [0, 0.1) is 0 Å². The Kier molecular flexibility index (Phi) is 7.40. The first-order valence-electron chi connectivity index (χ1n) is 8.95. The highest BCUT2D eigenvalue weighted by Crippen LogP contribution is 2.20. The summed E-state index contributed by atoms with van der Waals surface area (Å²) in [4.78, 5) is 14.4. The first-order valence-corrected chi connectivity index (χ1v) is 10.5. The fourth-order valence-corrected chi connectivity index (χ4v) is 3.82. The second-order valence-electron chi connectivity index (χ2n) is 6.85. The monoisotopic (exact) mass is 367 g/mol. The molecule has 1 amide bonds. The number of amides is 1. The summed E-state index contributed by atoms with van der Waals surface area (Å²) in [7, 11) is -1.63. The van der Waals surface area contributed by atoms with Gasteiger partial charge >= 0.3 is 0 Å². The smallest absolute Gasteiger partial charge is 0.238 e. The van der Waals surface area contributed by atoms with Gasteiger partial charge in [-0.15, -0.1) is 0 Å². The van der Waals surface area contributed by atoms with E-state index in [0.29, 0.717) is 25.6 Å². The molecule has 140 valence electrons. The van der Waals surface area contributed by atoms with Crippen molar-refractivity contribution in [3.63, 3.8) is 0 Å². The van der Waals surface area contributed by atoms with E-state index in [2.05, 4.69) is 10.2 Å². The Morgan fingerprint density at radius 3 is 2.32 bits per heavy atom. The maximum atomic E-state index is 12.1. The summed E-state index contributed by atoms with van der Waals surface area (Å²) >= 11 is 0. The van der Waals surface area contributed by atoms with Gasteiger partial charge in [0.05, 0.1) is 11.4 Å². The SMILES string of the molecule is CN(CC(=O)NCCc1ccc(S(N)(=O)=O)cc1)C1CCCCCC1. The van der Waals surface area contributed by atoms with Crippen LogP contribution in [0.3, 0.4) is 0 Å². The van der Waals surface area contributed by atoms with E-state index < -0.39 is 10.0 Å². The van der Waals surface area contributed by atoms with Crippen molar-refractivity contribution in [2.75, 3.05) is 20.1 Å². The molecule has 0 aromatic heterocycles. The predicted octanol–water partition coefficient (Wildman–Crippen LogP) is 1.65. The van der Waals surface area contributed by atoms with Crippen LogP contribution in [0.15, 0.2) is 29.2 Å². The first kappa shape index (κ1) is 19.9. The van der Waals surface area contributed by atoms with E-state index in [-0.39, 0.29) is 10.8 Å². The minimum Gasteiger partial charge on any atom is -0.355 e. The second kappa shape index (κ2) is 9.31. The molecule has 1 saturated carbocycles. The zero-order valence-electron chi connectivity index (χ0n) is 14.9. The van der Waals surface area contributed by atoms with E-state index in [0.717, 1.165) is 5.56 Å². The molecule has 1 aliphatic rings. The second-order valence-corrected chi connectivity index (χ2v) is 8.41. The number of sulfonamides is 1. The van der Waals surface area contributed by atoms with Gasteiger partial charge in [-0.3, -0.25) is 9.69 Å². The molecule has 1 aromatic rings. The lowest BCUT2D eigenvalue weighted by atomic mass is 10.1. The fraction of sp³-hybridized carbons (Fsp3) is 0.611. The molecule has 1 aliphatic carbocycles. The molecule has 0 aliphatic heterocycles. The molecule has 7 heteroatoms. The third-order valence-electron chi connectivity index (χ3n) is 4.83. The van der Waals surface area contributed by atoms with E-state index in [1.807, 2.05) is 7.05 Å². The fourth-order valence-electron chi connectivity index (χ4n) is 3.30. The van der Waals surface area contributed by atoms with Crippen LogP contribution in [0.2, 0.25) is 0 Å². The van der Waals surface area contributed by atoms with Gasteiger partial charge < -0.3 is 5.32 Å². The number of carbonyl (C=O) groups excluding carboxylic acids is 1. The van der Waals surface area contributed by atoms with Gasteiger partial charge in [-0.2, -0.15) is 0 Å². The number of primary sulfonamides is 1. The average Bonchev–Trinajstić information content (AvgIpc) is 2.84. The quantitative estimate of drug-likeness (QED) is 0.717. The van der Waals surface area contributed by atoms with Crippen molar-refractivity contribution >= 4 is 15.9 Å². The molecule has 3 N–H and O–H groups in total. The zero-order chi connectivity index (χ0) is 18.3. The molecule has 0 radical (unpaired) electrons. The Bertz CT molecular complexity index is 651. The van der Waals surface area contributed by atoms with Crippen molar-refractivity contribution in [1.82, 2.24) is 10.2 Å². The van der Waals surface area contributed by atoms with Crippen LogP contribution in [0.1, 0.15) is 44.1 Å². The van der Waals surface area contributed by atoms with Crippen molar-refractivity contribution < 1.29 is 13.2 Å². The summed E-state index contributed by atoms with van der Waals surface area (Å²) in [5.41, 5.74) is 0.963. The number of carbonyl (C=O) groups is 1. The van der Waals surface area contributed by atoms with E-state index in [4.69, 9.17) is 5.14 Å². The molecule has 1 aromatic carbocycles. The Morgan fingerprint density at radius 1 is 1.16 bits per heavy atom. The third kappa shape index (κ3) is 6.76. The lowest BCUT2D eigenvalue weighted by molar-refractivity contribution is -0.122. The Morgan fingerprint density at radius 2 is 1.76 bits per heavy atom. The van der Waals surface area contributed by atoms with Gasteiger partial charge in [0.2, 0.25) is 15.9 Å². The molecule has 2 rings (SSSR count). The number of nitrogens with two attached hydrogens (primary N) is 1. The van der Waals surface area contributed by atoms with Crippen molar-refractivity contribution in [2.45, 2.75) is 55.9 Å². The number of nitrogens with zero attached hydrogens (tertiary/aromatic N) is 1. The normalized spacial score (nSPS) is 16.6.